The van der Waals surface area contributed by atoms with Crippen LogP contribution in [0.5, 0.6) is 0 Å². The monoisotopic (exact) mass is 183 g/mol. The van der Waals surface area contributed by atoms with Gasteiger partial charge in [0.05, 0.1) is 6.54 Å². The predicted molar refractivity (Wildman–Crippen MR) is 56.7 cm³/mol. The second kappa shape index (κ2) is 9.57. The van der Waals surface area contributed by atoms with Gasteiger partial charge in [0.15, 0.2) is 0 Å². The van der Waals surface area contributed by atoms with Gasteiger partial charge in [-0.05, 0) is 26.4 Å². The highest BCUT2D eigenvalue weighted by Gasteiger charge is 1.94. The quantitative estimate of drug-likeness (QED) is 0.420. The van der Waals surface area contributed by atoms with Crippen LogP contribution in [0, 0.1) is 12.3 Å². The van der Waals surface area contributed by atoms with Gasteiger partial charge in [-0.15, -0.1) is 6.42 Å². The molecule has 0 rings (SSSR count). The van der Waals surface area contributed by atoms with Crippen LogP contribution < -0.4 is 0 Å². The maximum absolute atomic E-state index is 5.19. The van der Waals surface area contributed by atoms with E-state index in [1.165, 1.54) is 25.7 Å². The number of rotatable bonds is 8. The van der Waals surface area contributed by atoms with E-state index >= 15 is 0 Å². The van der Waals surface area contributed by atoms with Crippen molar-refractivity contribution in [2.45, 2.75) is 25.7 Å². The molecule has 0 bridgehead atoms. The van der Waals surface area contributed by atoms with Crippen molar-refractivity contribution in [2.75, 3.05) is 33.9 Å². The van der Waals surface area contributed by atoms with Crippen molar-refractivity contribution < 1.29 is 4.74 Å². The predicted octanol–water partition coefficient (Wildman–Crippen LogP) is 1.76. The Kier molecular flexibility index (Phi) is 9.18. The molecule has 0 spiro atoms. The van der Waals surface area contributed by atoms with Gasteiger partial charge in [0.2, 0.25) is 0 Å². The van der Waals surface area contributed by atoms with E-state index in [0.29, 0.717) is 0 Å². The molecule has 0 radical (unpaired) electrons. The molecule has 0 saturated heterocycles. The molecule has 0 aliphatic heterocycles. The fraction of sp³-hybridized carbons (Fsp3) is 0.818. The van der Waals surface area contributed by atoms with Crippen LogP contribution in [0.3, 0.4) is 0 Å². The molecular weight excluding hydrogens is 162 g/mol. The van der Waals surface area contributed by atoms with Crippen molar-refractivity contribution in [2.24, 2.45) is 0 Å². The summed E-state index contributed by atoms with van der Waals surface area (Å²) in [5.41, 5.74) is 0. The van der Waals surface area contributed by atoms with Crippen LogP contribution in [0.1, 0.15) is 25.7 Å². The highest BCUT2D eigenvalue weighted by atomic mass is 16.5. The van der Waals surface area contributed by atoms with Crippen LogP contribution >= 0.6 is 0 Å². The maximum Gasteiger partial charge on any atom is 0.0596 e. The Bertz CT molecular complexity index is 140. The number of ether oxygens (including phenoxy) is 1. The average molecular weight is 183 g/mol. The number of nitrogens with zero attached hydrogens (tertiary/aromatic N) is 1. The smallest absolute Gasteiger partial charge is 0.0596 e. The molecule has 0 aromatic carbocycles. The third-order valence-electron chi connectivity index (χ3n) is 2.00. The van der Waals surface area contributed by atoms with Crippen LogP contribution in [-0.2, 0) is 4.74 Å². The molecule has 0 unspecified atom stereocenters. The summed E-state index contributed by atoms with van der Waals surface area (Å²) in [5, 5.41) is 0. The summed E-state index contributed by atoms with van der Waals surface area (Å²) in [6.07, 6.45) is 10.1. The zero-order valence-electron chi connectivity index (χ0n) is 8.88. The van der Waals surface area contributed by atoms with Crippen LogP contribution in [0.2, 0.25) is 0 Å². The van der Waals surface area contributed by atoms with Gasteiger partial charge in [-0.1, -0.05) is 18.8 Å². The zero-order chi connectivity index (χ0) is 9.94. The molecule has 0 heterocycles. The van der Waals surface area contributed by atoms with E-state index in [2.05, 4.69) is 17.9 Å². The van der Waals surface area contributed by atoms with Crippen molar-refractivity contribution in [3.05, 3.63) is 0 Å². The lowest BCUT2D eigenvalue weighted by molar-refractivity contribution is 0.191. The summed E-state index contributed by atoms with van der Waals surface area (Å²) < 4.78 is 4.97. The minimum absolute atomic E-state index is 0.762. The first-order valence-electron chi connectivity index (χ1n) is 4.92. The minimum Gasteiger partial charge on any atom is -0.385 e. The molecule has 0 aliphatic rings. The van der Waals surface area contributed by atoms with Crippen molar-refractivity contribution >= 4 is 0 Å². The second-order valence-electron chi connectivity index (χ2n) is 3.35. The van der Waals surface area contributed by atoms with Crippen molar-refractivity contribution in [1.82, 2.24) is 4.90 Å². The van der Waals surface area contributed by atoms with Gasteiger partial charge in [-0.2, -0.15) is 0 Å². The lowest BCUT2D eigenvalue weighted by atomic mass is 10.2. The Morgan fingerprint density at radius 2 is 1.92 bits per heavy atom. The van der Waals surface area contributed by atoms with E-state index in [1.807, 2.05) is 0 Å². The molecule has 2 nitrogen and oxygen atoms in total. The van der Waals surface area contributed by atoms with Crippen molar-refractivity contribution in [3.8, 4) is 12.3 Å². The Labute approximate surface area is 82.3 Å². The third-order valence-corrected chi connectivity index (χ3v) is 2.00. The molecule has 13 heavy (non-hydrogen) atoms. The third kappa shape index (κ3) is 9.39. The molecule has 0 N–H and O–H groups in total. The first-order valence-corrected chi connectivity index (χ1v) is 4.92. The van der Waals surface area contributed by atoms with Gasteiger partial charge in [0, 0.05) is 13.7 Å². The Hall–Kier alpha value is -0.520. The molecule has 2 heteroatoms. The molecule has 0 amide bonds. The second-order valence-corrected chi connectivity index (χ2v) is 3.35. The summed E-state index contributed by atoms with van der Waals surface area (Å²) >= 11 is 0. The van der Waals surface area contributed by atoms with Crippen LogP contribution in [0.4, 0.5) is 0 Å². The largest absolute Gasteiger partial charge is 0.385 e. The van der Waals surface area contributed by atoms with E-state index in [4.69, 9.17) is 11.2 Å². The summed E-state index contributed by atoms with van der Waals surface area (Å²) in [5.74, 6) is 2.63. The number of terminal acetylenes is 1. The number of hydrogen-bond donors (Lipinski definition) is 0. The van der Waals surface area contributed by atoms with E-state index in [0.717, 1.165) is 19.7 Å². The van der Waals surface area contributed by atoms with E-state index in [1.54, 1.807) is 7.11 Å². The first kappa shape index (κ1) is 12.5. The molecule has 0 fully saturated rings. The lowest BCUT2D eigenvalue weighted by Gasteiger charge is -2.12. The molecule has 0 aliphatic carbocycles. The zero-order valence-corrected chi connectivity index (χ0v) is 8.88. The van der Waals surface area contributed by atoms with Gasteiger partial charge >= 0.3 is 0 Å². The average Bonchev–Trinajstić information content (AvgIpc) is 2.11. The Morgan fingerprint density at radius 3 is 2.54 bits per heavy atom. The fourth-order valence-corrected chi connectivity index (χ4v) is 1.22. The SMILES string of the molecule is C#CCN(C)CCCCCCOC. The standard InChI is InChI=1S/C11H21NO/c1-4-9-12(2)10-7-5-6-8-11-13-3/h1H,5-11H2,2-3H3. The topological polar surface area (TPSA) is 12.5 Å². The van der Waals surface area contributed by atoms with Crippen LogP contribution in [0.15, 0.2) is 0 Å². The van der Waals surface area contributed by atoms with Crippen molar-refractivity contribution in [1.29, 1.82) is 0 Å². The number of methoxy groups -OCH3 is 1. The van der Waals surface area contributed by atoms with Crippen LogP contribution in [0.25, 0.3) is 0 Å². The van der Waals surface area contributed by atoms with Crippen molar-refractivity contribution in [3.63, 3.8) is 0 Å². The van der Waals surface area contributed by atoms with Gasteiger partial charge in [-0.25, -0.2) is 0 Å². The Balaban J connectivity index is 3.03. The number of unbranched alkanes of at least 4 members (excludes halogenated alkanes) is 3. The normalized spacial score (nSPS) is 10.3. The van der Waals surface area contributed by atoms with Gasteiger partial charge in [0.1, 0.15) is 0 Å². The summed E-state index contributed by atoms with van der Waals surface area (Å²) in [6, 6.07) is 0. The first-order chi connectivity index (χ1) is 6.31. The number of hydrogen-bond acceptors (Lipinski definition) is 2. The highest BCUT2D eigenvalue weighted by Crippen LogP contribution is 2.00. The van der Waals surface area contributed by atoms with Crippen LogP contribution in [-0.4, -0.2) is 38.8 Å². The van der Waals surface area contributed by atoms with Gasteiger partial charge in [0.25, 0.3) is 0 Å². The minimum atomic E-state index is 0.762. The molecule has 0 aromatic rings. The molecule has 0 atom stereocenters. The molecule has 0 saturated carbocycles. The molecular formula is C11H21NO. The lowest BCUT2D eigenvalue weighted by Crippen LogP contribution is -2.19. The maximum atomic E-state index is 5.19. The fourth-order valence-electron chi connectivity index (χ4n) is 1.22. The van der Waals surface area contributed by atoms with Gasteiger partial charge < -0.3 is 4.74 Å². The molecule has 76 valence electrons. The summed E-state index contributed by atoms with van der Waals surface area (Å²) in [4.78, 5) is 2.18. The highest BCUT2D eigenvalue weighted by molar-refractivity contribution is 4.86. The summed E-state index contributed by atoms with van der Waals surface area (Å²) in [6.45, 7) is 2.76. The van der Waals surface area contributed by atoms with E-state index in [-0.39, 0.29) is 0 Å². The van der Waals surface area contributed by atoms with E-state index < -0.39 is 0 Å². The van der Waals surface area contributed by atoms with Gasteiger partial charge in [-0.3, -0.25) is 4.90 Å². The molecule has 0 aromatic heterocycles. The Morgan fingerprint density at radius 1 is 1.23 bits per heavy atom. The van der Waals surface area contributed by atoms with E-state index in [9.17, 15) is 0 Å². The summed E-state index contributed by atoms with van der Waals surface area (Å²) in [7, 11) is 3.82.